The first-order chi connectivity index (χ1) is 15.7. The van der Waals surface area contributed by atoms with Gasteiger partial charge in [0.15, 0.2) is 0 Å². The Morgan fingerprint density at radius 2 is 1.75 bits per heavy atom. The second kappa shape index (κ2) is 11.5. The quantitative estimate of drug-likeness (QED) is 0.523. The van der Waals surface area contributed by atoms with Crippen molar-refractivity contribution in [2.24, 2.45) is 5.92 Å². The Hall–Kier alpha value is -1.59. The first-order valence-corrected chi connectivity index (χ1v) is 12.9. The lowest BCUT2D eigenvalue weighted by atomic mass is 9.73. The minimum Gasteiger partial charge on any atom is -0.494 e. The summed E-state index contributed by atoms with van der Waals surface area (Å²) < 4.78 is 11.7. The predicted molar refractivity (Wildman–Crippen MR) is 128 cm³/mol. The van der Waals surface area contributed by atoms with Crippen LogP contribution in [-0.4, -0.2) is 68.8 Å². The number of rotatable bonds is 9. The molecule has 0 unspecified atom stereocenters. The summed E-state index contributed by atoms with van der Waals surface area (Å²) in [6.07, 6.45) is 11.5. The van der Waals surface area contributed by atoms with Gasteiger partial charge in [-0.05, 0) is 75.7 Å². The number of carbonyl (C=O) groups is 1. The average Bonchev–Trinajstić information content (AvgIpc) is 3.36. The highest BCUT2D eigenvalue weighted by molar-refractivity contribution is 5.78. The molecular formula is C27H42N2O3. The molecule has 0 radical (unpaired) electrons. The molecule has 1 aromatic carbocycles. The lowest BCUT2D eigenvalue weighted by Crippen LogP contribution is -2.47. The summed E-state index contributed by atoms with van der Waals surface area (Å²) in [6, 6.07) is 8.68. The Labute approximate surface area is 194 Å². The molecule has 1 aromatic rings. The number of amides is 1. The van der Waals surface area contributed by atoms with Gasteiger partial charge in [0.1, 0.15) is 5.75 Å². The first kappa shape index (κ1) is 23.6. The summed E-state index contributed by atoms with van der Waals surface area (Å²) in [6.45, 7) is 6.72. The molecule has 2 heterocycles. The Morgan fingerprint density at radius 1 is 1.06 bits per heavy atom. The van der Waals surface area contributed by atoms with Crippen molar-refractivity contribution in [2.45, 2.75) is 69.6 Å². The van der Waals surface area contributed by atoms with Gasteiger partial charge in [-0.15, -0.1) is 0 Å². The third-order valence-electron chi connectivity index (χ3n) is 7.87. The zero-order chi connectivity index (χ0) is 22.2. The van der Waals surface area contributed by atoms with Gasteiger partial charge in [0.25, 0.3) is 0 Å². The van der Waals surface area contributed by atoms with E-state index in [1.807, 2.05) is 11.9 Å². The lowest BCUT2D eigenvalue weighted by Gasteiger charge is -2.41. The second-order valence-corrected chi connectivity index (χ2v) is 10.2. The van der Waals surface area contributed by atoms with Crippen molar-refractivity contribution in [3.63, 3.8) is 0 Å². The Bertz CT molecular complexity index is 702. The normalized spacial score (nSPS) is 22.0. The van der Waals surface area contributed by atoms with Crippen LogP contribution in [-0.2, 0) is 14.9 Å². The summed E-state index contributed by atoms with van der Waals surface area (Å²) in [5.74, 6) is 1.51. The molecule has 0 bridgehead atoms. The lowest BCUT2D eigenvalue weighted by molar-refractivity contribution is -0.136. The van der Waals surface area contributed by atoms with E-state index in [4.69, 9.17) is 9.47 Å². The molecule has 4 rings (SSSR count). The van der Waals surface area contributed by atoms with Crippen molar-refractivity contribution < 1.29 is 14.3 Å². The molecule has 2 aliphatic heterocycles. The van der Waals surface area contributed by atoms with Gasteiger partial charge in [-0.1, -0.05) is 31.4 Å². The van der Waals surface area contributed by atoms with Crippen molar-refractivity contribution >= 4 is 5.91 Å². The maximum Gasteiger partial charge on any atom is 0.225 e. The number of nitrogens with zero attached hydrogens (tertiary/aromatic N) is 2. The molecule has 1 saturated carbocycles. The molecule has 32 heavy (non-hydrogen) atoms. The van der Waals surface area contributed by atoms with Gasteiger partial charge in [-0.25, -0.2) is 0 Å². The van der Waals surface area contributed by atoms with Crippen LogP contribution in [0.15, 0.2) is 24.3 Å². The van der Waals surface area contributed by atoms with Crippen molar-refractivity contribution in [1.29, 1.82) is 0 Å². The summed E-state index contributed by atoms with van der Waals surface area (Å²) in [5.41, 5.74) is 1.29. The smallest absolute Gasteiger partial charge is 0.225 e. The van der Waals surface area contributed by atoms with Crippen LogP contribution in [0.25, 0.3) is 0 Å². The number of likely N-dealkylation sites (N-methyl/N-ethyl adjacent to an activating group) is 1. The third kappa shape index (κ3) is 6.05. The minimum atomic E-state index is -0.0222. The highest BCUT2D eigenvalue weighted by atomic mass is 16.5. The molecule has 1 amide bonds. The molecule has 5 nitrogen and oxygen atoms in total. The number of hydrogen-bond acceptors (Lipinski definition) is 4. The van der Waals surface area contributed by atoms with Crippen LogP contribution in [0.3, 0.4) is 0 Å². The summed E-state index contributed by atoms with van der Waals surface area (Å²) in [7, 11) is 2.01. The molecule has 2 saturated heterocycles. The van der Waals surface area contributed by atoms with Gasteiger partial charge in [0.05, 0.1) is 6.61 Å². The zero-order valence-electron chi connectivity index (χ0n) is 20.0. The van der Waals surface area contributed by atoms with E-state index in [2.05, 4.69) is 29.2 Å². The number of benzene rings is 1. The van der Waals surface area contributed by atoms with E-state index in [1.165, 1.54) is 50.8 Å². The minimum absolute atomic E-state index is 0.0222. The van der Waals surface area contributed by atoms with Gasteiger partial charge in [0, 0.05) is 44.7 Å². The van der Waals surface area contributed by atoms with Crippen LogP contribution < -0.4 is 4.74 Å². The standard InChI is InChI=1S/C27H42N2O3/c1-28(26(30)23-8-3-2-4-9-23)22-27(14-20-31-21-15-27)24-10-12-25(13-11-24)32-19-7-18-29-16-5-6-17-29/h10-13,23H,2-9,14-22H2,1H3. The van der Waals surface area contributed by atoms with E-state index in [0.29, 0.717) is 5.91 Å². The fourth-order valence-electron chi connectivity index (χ4n) is 5.88. The number of ether oxygens (including phenoxy) is 2. The van der Waals surface area contributed by atoms with E-state index in [-0.39, 0.29) is 11.3 Å². The molecular weight excluding hydrogens is 400 g/mol. The molecule has 0 N–H and O–H groups in total. The second-order valence-electron chi connectivity index (χ2n) is 10.2. The van der Waals surface area contributed by atoms with Crippen molar-refractivity contribution in [1.82, 2.24) is 9.80 Å². The molecule has 0 atom stereocenters. The van der Waals surface area contributed by atoms with Gasteiger partial charge < -0.3 is 19.3 Å². The molecule has 0 aromatic heterocycles. The molecule has 5 heteroatoms. The monoisotopic (exact) mass is 442 g/mol. The van der Waals surface area contributed by atoms with Crippen LogP contribution in [0.5, 0.6) is 5.75 Å². The van der Waals surface area contributed by atoms with Crippen LogP contribution in [0.2, 0.25) is 0 Å². The predicted octanol–water partition coefficient (Wildman–Crippen LogP) is 4.64. The van der Waals surface area contributed by atoms with Crippen LogP contribution in [0.4, 0.5) is 0 Å². The molecule has 3 fully saturated rings. The molecule has 1 aliphatic carbocycles. The van der Waals surface area contributed by atoms with Crippen LogP contribution >= 0.6 is 0 Å². The Balaban J connectivity index is 1.34. The SMILES string of the molecule is CN(CC1(c2ccc(OCCCN3CCCC3)cc2)CCOCC1)C(=O)C1CCCCC1. The van der Waals surface area contributed by atoms with Crippen molar-refractivity contribution in [3.05, 3.63) is 29.8 Å². The topological polar surface area (TPSA) is 42.0 Å². The maximum absolute atomic E-state index is 13.1. The van der Waals surface area contributed by atoms with E-state index in [1.54, 1.807) is 0 Å². The molecule has 178 valence electrons. The third-order valence-corrected chi connectivity index (χ3v) is 7.87. The maximum atomic E-state index is 13.1. The fourth-order valence-corrected chi connectivity index (χ4v) is 5.88. The van der Waals surface area contributed by atoms with Gasteiger partial charge >= 0.3 is 0 Å². The summed E-state index contributed by atoms with van der Waals surface area (Å²) in [5, 5.41) is 0. The van der Waals surface area contributed by atoms with E-state index >= 15 is 0 Å². The van der Waals surface area contributed by atoms with Gasteiger partial charge in [-0.2, -0.15) is 0 Å². The van der Waals surface area contributed by atoms with Crippen LogP contribution in [0, 0.1) is 5.92 Å². The van der Waals surface area contributed by atoms with Crippen molar-refractivity contribution in [3.8, 4) is 5.75 Å². The number of likely N-dealkylation sites (tertiary alicyclic amines) is 1. The highest BCUT2D eigenvalue weighted by Gasteiger charge is 2.37. The van der Waals surface area contributed by atoms with Crippen LogP contribution in [0.1, 0.15) is 69.8 Å². The van der Waals surface area contributed by atoms with Gasteiger partial charge in [-0.3, -0.25) is 4.79 Å². The van der Waals surface area contributed by atoms with E-state index in [9.17, 15) is 4.79 Å². The first-order valence-electron chi connectivity index (χ1n) is 12.9. The Morgan fingerprint density at radius 3 is 2.44 bits per heavy atom. The van der Waals surface area contributed by atoms with Gasteiger partial charge in [0.2, 0.25) is 5.91 Å². The fraction of sp³-hybridized carbons (Fsp3) is 0.741. The Kier molecular flexibility index (Phi) is 8.48. The summed E-state index contributed by atoms with van der Waals surface area (Å²) in [4.78, 5) is 17.7. The molecule has 3 aliphatic rings. The number of carbonyl (C=O) groups excluding carboxylic acids is 1. The summed E-state index contributed by atoms with van der Waals surface area (Å²) >= 11 is 0. The highest BCUT2D eigenvalue weighted by Crippen LogP contribution is 2.37. The van der Waals surface area contributed by atoms with E-state index in [0.717, 1.165) is 70.8 Å². The van der Waals surface area contributed by atoms with Crippen molar-refractivity contribution in [2.75, 3.05) is 53.0 Å². The average molecular weight is 443 g/mol. The molecule has 0 spiro atoms. The van der Waals surface area contributed by atoms with E-state index < -0.39 is 0 Å². The zero-order valence-corrected chi connectivity index (χ0v) is 20.0. The largest absolute Gasteiger partial charge is 0.494 e. The number of hydrogen-bond donors (Lipinski definition) is 0.